The van der Waals surface area contributed by atoms with Crippen molar-refractivity contribution in [1.29, 1.82) is 0 Å². The van der Waals surface area contributed by atoms with Gasteiger partial charge in [-0.25, -0.2) is 13.2 Å². The van der Waals surface area contributed by atoms with Gasteiger partial charge in [-0.15, -0.1) is 0 Å². The minimum atomic E-state index is -3.41. The monoisotopic (exact) mass is 462 g/mol. The Morgan fingerprint density at radius 1 is 1.22 bits per heavy atom. The van der Waals surface area contributed by atoms with Gasteiger partial charge in [0.05, 0.1) is 23.7 Å². The minimum Gasteiger partial charge on any atom is -0.450 e. The summed E-state index contributed by atoms with van der Waals surface area (Å²) in [6, 6.07) is 8.37. The van der Waals surface area contributed by atoms with Crippen LogP contribution in [0.4, 0.5) is 10.6 Å². The van der Waals surface area contributed by atoms with Crippen LogP contribution < -0.4 is 10.6 Å². The van der Waals surface area contributed by atoms with Crippen LogP contribution in [0.25, 0.3) is 0 Å². The number of anilines is 1. The fourth-order valence-corrected chi connectivity index (χ4v) is 5.01. The molecule has 3 N–H and O–H groups in total. The topological polar surface area (TPSA) is 130 Å². The van der Waals surface area contributed by atoms with E-state index < -0.39 is 9.84 Å². The fourth-order valence-electron chi connectivity index (χ4n) is 3.88. The third-order valence-electron chi connectivity index (χ3n) is 5.54. The van der Waals surface area contributed by atoms with Gasteiger partial charge in [0.1, 0.15) is 0 Å². The second-order valence-electron chi connectivity index (χ2n) is 7.93. The Labute approximate surface area is 188 Å². The normalized spacial score (nSPS) is 18.3. The van der Waals surface area contributed by atoms with Crippen LogP contribution in [-0.2, 0) is 25.8 Å². The number of alkyl carbamates (subject to hydrolysis) is 1. The molecule has 2 amide bonds. The highest BCUT2D eigenvalue weighted by molar-refractivity contribution is 7.91. The predicted octanol–water partition coefficient (Wildman–Crippen LogP) is 3.16. The second kappa shape index (κ2) is 10.6. The Kier molecular flexibility index (Phi) is 7.89. The molecule has 3 rings (SSSR count). The van der Waals surface area contributed by atoms with Gasteiger partial charge in [0, 0.05) is 23.7 Å². The van der Waals surface area contributed by atoms with Crippen molar-refractivity contribution in [2.45, 2.75) is 62.8 Å². The molecular weight excluding hydrogens is 432 g/mol. The lowest BCUT2D eigenvalue weighted by molar-refractivity contribution is -0.115. The molecule has 2 atom stereocenters. The number of amides is 2. The van der Waals surface area contributed by atoms with Gasteiger partial charge >= 0.3 is 6.09 Å². The lowest BCUT2D eigenvalue weighted by atomic mass is 10.0. The maximum Gasteiger partial charge on any atom is 0.407 e. The Bertz CT molecular complexity index is 1050. The van der Waals surface area contributed by atoms with E-state index in [4.69, 9.17) is 4.74 Å². The predicted molar refractivity (Wildman–Crippen MR) is 120 cm³/mol. The molecule has 1 fully saturated rings. The summed E-state index contributed by atoms with van der Waals surface area (Å²) in [4.78, 5) is 24.4. The molecule has 2 aromatic rings. The highest BCUT2D eigenvalue weighted by Gasteiger charge is 2.29. The minimum absolute atomic E-state index is 0.0259. The van der Waals surface area contributed by atoms with Crippen molar-refractivity contribution in [3.8, 4) is 0 Å². The second-order valence-corrected chi connectivity index (χ2v) is 10.2. The first kappa shape index (κ1) is 23.8. The van der Waals surface area contributed by atoms with Crippen molar-refractivity contribution in [3.63, 3.8) is 0 Å². The van der Waals surface area contributed by atoms with Gasteiger partial charge in [0.15, 0.2) is 15.7 Å². The van der Waals surface area contributed by atoms with Crippen LogP contribution in [0.1, 0.15) is 56.7 Å². The van der Waals surface area contributed by atoms with Crippen LogP contribution >= 0.6 is 0 Å². The van der Waals surface area contributed by atoms with Gasteiger partial charge in [-0.3, -0.25) is 9.89 Å². The molecule has 0 spiro atoms. The Balaban J connectivity index is 1.56. The Morgan fingerprint density at radius 3 is 2.75 bits per heavy atom. The largest absolute Gasteiger partial charge is 0.450 e. The summed E-state index contributed by atoms with van der Waals surface area (Å²) in [6.45, 7) is 3.93. The molecule has 174 valence electrons. The number of rotatable bonds is 9. The van der Waals surface area contributed by atoms with Crippen molar-refractivity contribution in [2.75, 3.05) is 17.7 Å². The van der Waals surface area contributed by atoms with Gasteiger partial charge in [-0.05, 0) is 37.3 Å². The molecule has 0 saturated heterocycles. The van der Waals surface area contributed by atoms with Gasteiger partial charge in [0.25, 0.3) is 0 Å². The first-order valence-corrected chi connectivity index (χ1v) is 12.6. The van der Waals surface area contributed by atoms with Gasteiger partial charge in [-0.2, -0.15) is 5.10 Å². The number of H-pyrrole nitrogens is 1. The van der Waals surface area contributed by atoms with Crippen LogP contribution in [0, 0.1) is 0 Å². The quantitative estimate of drug-likeness (QED) is 0.525. The van der Waals surface area contributed by atoms with E-state index >= 15 is 0 Å². The zero-order valence-corrected chi connectivity index (χ0v) is 19.2. The van der Waals surface area contributed by atoms with Gasteiger partial charge < -0.3 is 15.4 Å². The van der Waals surface area contributed by atoms with Crippen LogP contribution in [-0.4, -0.2) is 49.0 Å². The Morgan fingerprint density at radius 2 is 2.00 bits per heavy atom. The summed E-state index contributed by atoms with van der Waals surface area (Å²) in [5, 5.41) is 12.8. The molecule has 0 radical (unpaired) electrons. The summed E-state index contributed by atoms with van der Waals surface area (Å²) in [7, 11) is -3.41. The molecule has 1 heterocycles. The molecule has 1 aliphatic rings. The number of hydrogen-bond acceptors (Lipinski definition) is 6. The molecule has 1 aromatic heterocycles. The van der Waals surface area contributed by atoms with Crippen molar-refractivity contribution in [3.05, 3.63) is 41.6 Å². The number of nitrogens with zero attached hydrogens (tertiary/aromatic N) is 1. The highest BCUT2D eigenvalue weighted by atomic mass is 32.2. The van der Waals surface area contributed by atoms with E-state index in [0.717, 1.165) is 31.4 Å². The number of hydrogen-bond donors (Lipinski definition) is 3. The van der Waals surface area contributed by atoms with E-state index in [-0.39, 0.29) is 41.0 Å². The van der Waals surface area contributed by atoms with Crippen LogP contribution in [0.5, 0.6) is 0 Å². The number of aromatic nitrogens is 2. The summed E-state index contributed by atoms with van der Waals surface area (Å²) in [6.07, 6.45) is 2.82. The van der Waals surface area contributed by atoms with Crippen molar-refractivity contribution < 1.29 is 22.7 Å². The van der Waals surface area contributed by atoms with Crippen molar-refractivity contribution in [1.82, 2.24) is 15.5 Å². The van der Waals surface area contributed by atoms with E-state index in [1.807, 2.05) is 6.92 Å². The number of ether oxygens (including phenoxy) is 1. The molecule has 32 heavy (non-hydrogen) atoms. The zero-order chi connectivity index (χ0) is 23.1. The van der Waals surface area contributed by atoms with E-state index in [1.165, 1.54) is 6.07 Å². The number of sulfone groups is 1. The van der Waals surface area contributed by atoms with Crippen molar-refractivity contribution in [2.24, 2.45) is 0 Å². The SMILES string of the molecule is CCCOC(=O)NC1CCC(c2cc(NC(=O)Cc3ccccc3S(=O)(=O)CC)n[nH]2)C1. The lowest BCUT2D eigenvalue weighted by Crippen LogP contribution is -2.33. The third-order valence-corrected chi connectivity index (χ3v) is 7.36. The first-order valence-electron chi connectivity index (χ1n) is 10.9. The molecule has 1 saturated carbocycles. The van der Waals surface area contributed by atoms with Crippen LogP contribution in [0.15, 0.2) is 35.2 Å². The molecule has 2 unspecified atom stereocenters. The first-order chi connectivity index (χ1) is 15.3. The standard InChI is InChI=1S/C22H30N4O5S/c1-3-11-31-22(28)23-17-10-9-15(12-17)18-14-20(26-25-18)24-21(27)13-16-7-5-6-8-19(16)32(29,30)4-2/h5-8,14-15,17H,3-4,9-13H2,1-2H3,(H,23,28)(H2,24,25,26,27). The van der Waals surface area contributed by atoms with Crippen LogP contribution in [0.3, 0.4) is 0 Å². The molecule has 0 bridgehead atoms. The number of aromatic amines is 1. The lowest BCUT2D eigenvalue weighted by Gasteiger charge is -2.12. The molecule has 1 aliphatic carbocycles. The molecule has 10 heteroatoms. The van der Waals surface area contributed by atoms with E-state index in [0.29, 0.717) is 18.0 Å². The maximum atomic E-state index is 12.5. The Hall–Kier alpha value is -2.88. The van der Waals surface area contributed by atoms with Crippen LogP contribution in [0.2, 0.25) is 0 Å². The highest BCUT2D eigenvalue weighted by Crippen LogP contribution is 2.34. The summed E-state index contributed by atoms with van der Waals surface area (Å²) >= 11 is 0. The van der Waals surface area contributed by atoms with Crippen molar-refractivity contribution >= 4 is 27.7 Å². The molecule has 0 aliphatic heterocycles. The van der Waals surface area contributed by atoms with Gasteiger partial charge in [0.2, 0.25) is 5.91 Å². The maximum absolute atomic E-state index is 12.5. The van der Waals surface area contributed by atoms with E-state index in [1.54, 1.807) is 31.2 Å². The average Bonchev–Trinajstić information content (AvgIpc) is 3.42. The molecule has 1 aromatic carbocycles. The summed E-state index contributed by atoms with van der Waals surface area (Å²) in [5.41, 5.74) is 1.35. The molecular formula is C22H30N4O5S. The smallest absolute Gasteiger partial charge is 0.407 e. The third kappa shape index (κ3) is 6.09. The summed E-state index contributed by atoms with van der Waals surface area (Å²) < 4.78 is 29.6. The fraction of sp³-hybridized carbons (Fsp3) is 0.500. The zero-order valence-electron chi connectivity index (χ0n) is 18.4. The van der Waals surface area contributed by atoms with Gasteiger partial charge in [-0.1, -0.05) is 32.0 Å². The number of nitrogens with one attached hydrogen (secondary N) is 3. The number of carbonyl (C=O) groups excluding carboxylic acids is 2. The van der Waals surface area contributed by atoms with E-state index in [2.05, 4.69) is 20.8 Å². The average molecular weight is 463 g/mol. The summed E-state index contributed by atoms with van der Waals surface area (Å²) in [5.74, 6) is 0.216. The number of benzene rings is 1. The van der Waals surface area contributed by atoms with E-state index in [9.17, 15) is 18.0 Å². The number of carbonyl (C=O) groups is 2. The molecule has 9 nitrogen and oxygen atoms in total.